The van der Waals surface area contributed by atoms with Crippen molar-refractivity contribution in [3.8, 4) is 11.6 Å². The SMILES string of the molecule is COc1ccc2nc(C)c(C(=O)NCc3cccnc3-n3cccn3)cc2c1. The Hall–Kier alpha value is -3.74. The van der Waals surface area contributed by atoms with Crippen LogP contribution in [0.4, 0.5) is 0 Å². The summed E-state index contributed by atoms with van der Waals surface area (Å²) >= 11 is 0. The van der Waals surface area contributed by atoms with Gasteiger partial charge < -0.3 is 10.1 Å². The van der Waals surface area contributed by atoms with Crippen LogP contribution in [-0.4, -0.2) is 32.8 Å². The summed E-state index contributed by atoms with van der Waals surface area (Å²) in [5.41, 5.74) is 2.90. The van der Waals surface area contributed by atoms with Crippen molar-refractivity contribution in [2.24, 2.45) is 0 Å². The van der Waals surface area contributed by atoms with Gasteiger partial charge in [-0.3, -0.25) is 9.78 Å². The molecule has 4 aromatic rings. The maximum Gasteiger partial charge on any atom is 0.253 e. The smallest absolute Gasteiger partial charge is 0.253 e. The molecule has 1 amide bonds. The van der Waals surface area contributed by atoms with Gasteiger partial charge in [-0.15, -0.1) is 0 Å². The highest BCUT2D eigenvalue weighted by Crippen LogP contribution is 2.22. The fourth-order valence-electron chi connectivity index (χ4n) is 3.05. The third kappa shape index (κ3) is 3.42. The minimum atomic E-state index is -0.190. The number of pyridine rings is 2. The van der Waals surface area contributed by atoms with Gasteiger partial charge in [0.05, 0.1) is 23.9 Å². The Morgan fingerprint density at radius 3 is 2.86 bits per heavy atom. The number of fused-ring (bicyclic) bond motifs is 1. The van der Waals surface area contributed by atoms with Gasteiger partial charge in [-0.25, -0.2) is 9.67 Å². The van der Waals surface area contributed by atoms with Crippen molar-refractivity contribution in [2.45, 2.75) is 13.5 Å². The predicted octanol–water partition coefficient (Wildman–Crippen LogP) is 3.06. The highest BCUT2D eigenvalue weighted by Gasteiger charge is 2.13. The minimum Gasteiger partial charge on any atom is -0.497 e. The maximum absolute atomic E-state index is 12.8. The van der Waals surface area contributed by atoms with Gasteiger partial charge in [-0.2, -0.15) is 5.10 Å². The van der Waals surface area contributed by atoms with Gasteiger partial charge in [0, 0.05) is 36.1 Å². The van der Waals surface area contributed by atoms with Crippen LogP contribution in [0.5, 0.6) is 5.75 Å². The number of hydrogen-bond donors (Lipinski definition) is 1. The van der Waals surface area contributed by atoms with Gasteiger partial charge in [0.2, 0.25) is 0 Å². The molecule has 0 atom stereocenters. The second kappa shape index (κ2) is 7.48. The van der Waals surface area contributed by atoms with E-state index in [9.17, 15) is 4.79 Å². The average molecular weight is 373 g/mol. The van der Waals surface area contributed by atoms with Gasteiger partial charge >= 0.3 is 0 Å². The number of nitrogens with one attached hydrogen (secondary N) is 1. The third-order valence-electron chi connectivity index (χ3n) is 4.49. The fourth-order valence-corrected chi connectivity index (χ4v) is 3.05. The third-order valence-corrected chi connectivity index (χ3v) is 4.49. The molecule has 28 heavy (non-hydrogen) atoms. The van der Waals surface area contributed by atoms with Gasteiger partial charge in [-0.05, 0) is 43.3 Å². The number of rotatable bonds is 5. The molecule has 0 radical (unpaired) electrons. The number of aromatic nitrogens is 4. The first-order valence-corrected chi connectivity index (χ1v) is 8.83. The molecule has 0 unspecified atom stereocenters. The summed E-state index contributed by atoms with van der Waals surface area (Å²) in [6.07, 6.45) is 5.21. The summed E-state index contributed by atoms with van der Waals surface area (Å²) < 4.78 is 6.94. The Balaban J connectivity index is 1.59. The van der Waals surface area contributed by atoms with E-state index < -0.39 is 0 Å². The Morgan fingerprint density at radius 2 is 2.07 bits per heavy atom. The number of ether oxygens (including phenoxy) is 1. The zero-order valence-corrected chi connectivity index (χ0v) is 15.6. The van der Waals surface area contributed by atoms with Gasteiger partial charge in [0.15, 0.2) is 5.82 Å². The lowest BCUT2D eigenvalue weighted by atomic mass is 10.1. The zero-order valence-electron chi connectivity index (χ0n) is 15.6. The van der Waals surface area contributed by atoms with Crippen molar-refractivity contribution in [1.29, 1.82) is 0 Å². The topological polar surface area (TPSA) is 81.9 Å². The molecule has 7 nitrogen and oxygen atoms in total. The Morgan fingerprint density at radius 1 is 1.18 bits per heavy atom. The van der Waals surface area contributed by atoms with E-state index >= 15 is 0 Å². The number of methoxy groups -OCH3 is 1. The van der Waals surface area contributed by atoms with Crippen LogP contribution in [0.15, 0.2) is 61.1 Å². The molecule has 0 aliphatic rings. The van der Waals surface area contributed by atoms with Crippen molar-refractivity contribution in [2.75, 3.05) is 7.11 Å². The molecule has 0 saturated carbocycles. The van der Waals surface area contributed by atoms with Gasteiger partial charge in [-0.1, -0.05) is 6.07 Å². The summed E-state index contributed by atoms with van der Waals surface area (Å²) in [6.45, 7) is 2.16. The van der Waals surface area contributed by atoms with E-state index in [-0.39, 0.29) is 5.91 Å². The molecule has 1 N–H and O–H groups in total. The second-order valence-electron chi connectivity index (χ2n) is 6.30. The highest BCUT2D eigenvalue weighted by atomic mass is 16.5. The number of aryl methyl sites for hydroxylation is 1. The summed E-state index contributed by atoms with van der Waals surface area (Å²) in [7, 11) is 1.61. The summed E-state index contributed by atoms with van der Waals surface area (Å²) in [6, 6.07) is 13.0. The Kier molecular flexibility index (Phi) is 4.72. The number of nitrogens with zero attached hydrogens (tertiary/aromatic N) is 4. The van der Waals surface area contributed by atoms with E-state index in [1.165, 1.54) is 0 Å². The van der Waals surface area contributed by atoms with Crippen LogP contribution in [0, 0.1) is 6.92 Å². The van der Waals surface area contributed by atoms with E-state index in [0.717, 1.165) is 22.2 Å². The van der Waals surface area contributed by atoms with Crippen LogP contribution in [0.3, 0.4) is 0 Å². The lowest BCUT2D eigenvalue weighted by molar-refractivity contribution is 0.0950. The van der Waals surface area contributed by atoms with E-state index in [0.29, 0.717) is 23.6 Å². The molecule has 0 aliphatic carbocycles. The van der Waals surface area contributed by atoms with E-state index in [1.807, 2.05) is 55.6 Å². The lowest BCUT2D eigenvalue weighted by Crippen LogP contribution is -2.25. The van der Waals surface area contributed by atoms with Crippen LogP contribution in [-0.2, 0) is 6.54 Å². The molecule has 0 fully saturated rings. The molecule has 7 heteroatoms. The van der Waals surface area contributed by atoms with Crippen LogP contribution in [0.25, 0.3) is 16.7 Å². The number of carbonyl (C=O) groups is 1. The second-order valence-corrected chi connectivity index (χ2v) is 6.30. The number of amides is 1. The van der Waals surface area contributed by atoms with Crippen LogP contribution in [0.1, 0.15) is 21.6 Å². The number of hydrogen-bond acceptors (Lipinski definition) is 5. The quantitative estimate of drug-likeness (QED) is 0.581. The van der Waals surface area contributed by atoms with E-state index in [2.05, 4.69) is 20.4 Å². The monoisotopic (exact) mass is 373 g/mol. The summed E-state index contributed by atoms with van der Waals surface area (Å²) in [5, 5.41) is 8.03. The van der Waals surface area contributed by atoms with Gasteiger partial charge in [0.25, 0.3) is 5.91 Å². The Bertz CT molecular complexity index is 1140. The first-order valence-electron chi connectivity index (χ1n) is 8.83. The van der Waals surface area contributed by atoms with E-state index in [1.54, 1.807) is 24.2 Å². The van der Waals surface area contributed by atoms with Crippen molar-refractivity contribution in [1.82, 2.24) is 25.1 Å². The molecular weight excluding hydrogens is 354 g/mol. The summed E-state index contributed by atoms with van der Waals surface area (Å²) in [5.74, 6) is 1.22. The largest absolute Gasteiger partial charge is 0.497 e. The first-order chi connectivity index (χ1) is 13.7. The van der Waals surface area contributed by atoms with Crippen molar-refractivity contribution >= 4 is 16.8 Å². The maximum atomic E-state index is 12.8. The highest BCUT2D eigenvalue weighted by molar-refractivity contribution is 5.98. The molecule has 0 spiro atoms. The lowest BCUT2D eigenvalue weighted by Gasteiger charge is -2.11. The van der Waals surface area contributed by atoms with Crippen molar-refractivity contribution < 1.29 is 9.53 Å². The zero-order chi connectivity index (χ0) is 19.5. The fraction of sp³-hybridized carbons (Fsp3) is 0.143. The van der Waals surface area contributed by atoms with Crippen LogP contribution < -0.4 is 10.1 Å². The molecule has 3 aromatic heterocycles. The molecule has 4 rings (SSSR count). The normalized spacial score (nSPS) is 10.8. The van der Waals surface area contributed by atoms with Crippen molar-refractivity contribution in [3.63, 3.8) is 0 Å². The number of carbonyl (C=O) groups excluding carboxylic acids is 1. The van der Waals surface area contributed by atoms with E-state index in [4.69, 9.17) is 4.74 Å². The minimum absolute atomic E-state index is 0.190. The first kappa shape index (κ1) is 17.7. The Labute approximate surface area is 162 Å². The molecule has 0 bridgehead atoms. The average Bonchev–Trinajstić information content (AvgIpc) is 3.26. The van der Waals surface area contributed by atoms with Crippen molar-refractivity contribution in [3.05, 3.63) is 77.9 Å². The molecule has 0 saturated heterocycles. The predicted molar refractivity (Wildman–Crippen MR) is 106 cm³/mol. The summed E-state index contributed by atoms with van der Waals surface area (Å²) in [4.78, 5) is 21.7. The molecule has 1 aromatic carbocycles. The molecule has 0 aliphatic heterocycles. The van der Waals surface area contributed by atoms with Crippen LogP contribution >= 0.6 is 0 Å². The number of benzene rings is 1. The van der Waals surface area contributed by atoms with Gasteiger partial charge in [0.1, 0.15) is 5.75 Å². The molecule has 140 valence electrons. The standard InChI is InChI=1S/C21H19N5O2/c1-14-18(12-16-11-17(28-2)6-7-19(16)25-14)21(27)23-13-15-5-3-8-22-20(15)26-10-4-9-24-26/h3-12H,13H2,1-2H3,(H,23,27). The molecule has 3 heterocycles. The molecular formula is C21H19N5O2. The van der Waals surface area contributed by atoms with Crippen LogP contribution in [0.2, 0.25) is 0 Å².